The summed E-state index contributed by atoms with van der Waals surface area (Å²) >= 11 is 0. The predicted octanol–water partition coefficient (Wildman–Crippen LogP) is 1.27. The molecule has 3 nitrogen and oxygen atoms in total. The average Bonchev–Trinajstić information content (AvgIpc) is 2.05. The van der Waals surface area contributed by atoms with E-state index < -0.39 is 0 Å². The van der Waals surface area contributed by atoms with Crippen LogP contribution in [0.2, 0.25) is 0 Å². The molecule has 0 amide bonds. The van der Waals surface area contributed by atoms with Gasteiger partial charge >= 0.3 is 0 Å². The molecule has 68 valence electrons. The van der Waals surface area contributed by atoms with Gasteiger partial charge in [-0.2, -0.15) is 5.53 Å². The van der Waals surface area contributed by atoms with Crippen molar-refractivity contribution in [3.05, 3.63) is 0 Å². The third-order valence-electron chi connectivity index (χ3n) is 1.85. The van der Waals surface area contributed by atoms with Crippen molar-refractivity contribution < 1.29 is 0 Å². The molecule has 0 aromatic heterocycles. The number of hydrogen-bond donors (Lipinski definition) is 2. The van der Waals surface area contributed by atoms with Gasteiger partial charge in [0.2, 0.25) is 0 Å². The van der Waals surface area contributed by atoms with E-state index in [1.54, 1.807) is 0 Å². The zero-order valence-corrected chi connectivity index (χ0v) is 7.77. The van der Waals surface area contributed by atoms with Gasteiger partial charge in [-0.3, -0.25) is 5.84 Å². The highest BCUT2D eigenvalue weighted by molar-refractivity contribution is 4.47. The highest BCUT2D eigenvalue weighted by atomic mass is 15.6. The molecule has 0 spiro atoms. The van der Waals surface area contributed by atoms with Crippen LogP contribution in [0, 0.1) is 0 Å². The molecule has 3 heteroatoms. The van der Waals surface area contributed by atoms with Crippen LogP contribution in [-0.2, 0) is 0 Å². The molecule has 0 atom stereocenters. The number of nitrogens with one attached hydrogen (secondary N) is 1. The third-order valence-corrected chi connectivity index (χ3v) is 1.85. The van der Waals surface area contributed by atoms with Crippen LogP contribution in [0.25, 0.3) is 0 Å². The molecule has 0 heterocycles. The van der Waals surface area contributed by atoms with Gasteiger partial charge in [0.15, 0.2) is 0 Å². The summed E-state index contributed by atoms with van der Waals surface area (Å²) in [7, 11) is 0. The van der Waals surface area contributed by atoms with Gasteiger partial charge in [0.05, 0.1) is 0 Å². The minimum atomic E-state index is 0.975. The summed E-state index contributed by atoms with van der Waals surface area (Å²) in [4.78, 5) is 0. The summed E-state index contributed by atoms with van der Waals surface area (Å²) in [5, 5.41) is 2.02. The fourth-order valence-electron chi connectivity index (χ4n) is 1.04. The van der Waals surface area contributed by atoms with Crippen molar-refractivity contribution in [1.82, 2.24) is 10.5 Å². The van der Waals surface area contributed by atoms with Crippen molar-refractivity contribution in [3.63, 3.8) is 0 Å². The largest absolute Gasteiger partial charge is 0.258 e. The van der Waals surface area contributed by atoms with Gasteiger partial charge in [-0.25, -0.2) is 5.01 Å². The first kappa shape index (κ1) is 10.9. The van der Waals surface area contributed by atoms with E-state index in [0.717, 1.165) is 13.1 Å². The average molecular weight is 159 g/mol. The molecule has 0 bridgehead atoms. The normalized spacial score (nSPS) is 10.9. The molecule has 11 heavy (non-hydrogen) atoms. The molecule has 0 aliphatic heterocycles. The van der Waals surface area contributed by atoms with Crippen molar-refractivity contribution >= 4 is 0 Å². The van der Waals surface area contributed by atoms with Gasteiger partial charge in [-0.1, -0.05) is 33.1 Å². The van der Waals surface area contributed by atoms with Gasteiger partial charge in [-0.05, 0) is 6.42 Å². The van der Waals surface area contributed by atoms with Gasteiger partial charge in [0, 0.05) is 13.1 Å². The number of hydrazine groups is 2. The first-order chi connectivity index (χ1) is 5.35. The molecule has 0 aliphatic rings. The lowest BCUT2D eigenvalue weighted by molar-refractivity contribution is 0.196. The van der Waals surface area contributed by atoms with E-state index in [4.69, 9.17) is 5.84 Å². The lowest BCUT2D eigenvalue weighted by atomic mass is 10.2. The van der Waals surface area contributed by atoms with Gasteiger partial charge in [0.1, 0.15) is 0 Å². The van der Waals surface area contributed by atoms with Crippen LogP contribution < -0.4 is 11.4 Å². The Morgan fingerprint density at radius 2 is 1.91 bits per heavy atom. The van der Waals surface area contributed by atoms with Crippen LogP contribution in [0.4, 0.5) is 0 Å². The van der Waals surface area contributed by atoms with Gasteiger partial charge in [0.25, 0.3) is 0 Å². The van der Waals surface area contributed by atoms with Gasteiger partial charge in [-0.15, -0.1) is 0 Å². The topological polar surface area (TPSA) is 41.3 Å². The molecule has 0 aliphatic carbocycles. The van der Waals surface area contributed by atoms with Crippen molar-refractivity contribution in [3.8, 4) is 0 Å². The van der Waals surface area contributed by atoms with Crippen LogP contribution in [0.15, 0.2) is 0 Å². The van der Waals surface area contributed by atoms with E-state index in [1.807, 2.05) is 5.01 Å². The van der Waals surface area contributed by atoms with E-state index in [9.17, 15) is 0 Å². The second-order valence-corrected chi connectivity index (χ2v) is 2.77. The number of rotatable bonds is 7. The molecule has 0 aromatic rings. The lowest BCUT2D eigenvalue weighted by Crippen LogP contribution is -2.43. The van der Waals surface area contributed by atoms with Gasteiger partial charge < -0.3 is 0 Å². The van der Waals surface area contributed by atoms with Crippen molar-refractivity contribution in [2.75, 3.05) is 13.1 Å². The van der Waals surface area contributed by atoms with Crippen molar-refractivity contribution in [2.45, 2.75) is 39.5 Å². The van der Waals surface area contributed by atoms with Crippen LogP contribution >= 0.6 is 0 Å². The highest BCUT2D eigenvalue weighted by Crippen LogP contribution is 1.99. The molecule has 0 fully saturated rings. The summed E-state index contributed by atoms with van der Waals surface area (Å²) in [6.07, 6.45) is 5.19. The third kappa shape index (κ3) is 6.28. The number of unbranched alkanes of at least 4 members (excludes halogenated alkanes) is 3. The fraction of sp³-hybridized carbons (Fsp3) is 1.00. The summed E-state index contributed by atoms with van der Waals surface area (Å²) in [6, 6.07) is 0. The van der Waals surface area contributed by atoms with Crippen LogP contribution in [0.1, 0.15) is 39.5 Å². The molecule has 0 rings (SSSR count). The second kappa shape index (κ2) is 7.98. The molecule has 0 saturated carbocycles. The molecule has 3 N–H and O–H groups in total. The summed E-state index contributed by atoms with van der Waals surface area (Å²) < 4.78 is 0. The maximum Gasteiger partial charge on any atom is 0.0144 e. The Morgan fingerprint density at radius 3 is 2.36 bits per heavy atom. The summed E-state index contributed by atoms with van der Waals surface area (Å²) in [5.74, 6) is 5.27. The minimum Gasteiger partial charge on any atom is -0.258 e. The Kier molecular flexibility index (Phi) is 7.89. The maximum atomic E-state index is 5.27. The zero-order valence-electron chi connectivity index (χ0n) is 7.77. The van der Waals surface area contributed by atoms with E-state index >= 15 is 0 Å². The molecule has 0 saturated heterocycles. The van der Waals surface area contributed by atoms with E-state index in [0.29, 0.717) is 0 Å². The smallest absolute Gasteiger partial charge is 0.0144 e. The van der Waals surface area contributed by atoms with Crippen molar-refractivity contribution in [2.24, 2.45) is 5.84 Å². The predicted molar refractivity (Wildman–Crippen MR) is 48.7 cm³/mol. The van der Waals surface area contributed by atoms with E-state index in [1.165, 1.54) is 25.7 Å². The van der Waals surface area contributed by atoms with Crippen LogP contribution in [0.3, 0.4) is 0 Å². The maximum absolute atomic E-state index is 5.27. The Bertz CT molecular complexity index is 71.7. The molecule has 0 unspecified atom stereocenters. The summed E-state index contributed by atoms with van der Waals surface area (Å²) in [6.45, 7) is 6.36. The van der Waals surface area contributed by atoms with Crippen LogP contribution in [-0.4, -0.2) is 18.1 Å². The van der Waals surface area contributed by atoms with E-state index in [-0.39, 0.29) is 0 Å². The van der Waals surface area contributed by atoms with Crippen molar-refractivity contribution in [1.29, 1.82) is 0 Å². The fourth-order valence-corrected chi connectivity index (χ4v) is 1.04. The molecular formula is C8H21N3. The first-order valence-corrected chi connectivity index (χ1v) is 4.56. The highest BCUT2D eigenvalue weighted by Gasteiger charge is 1.96. The van der Waals surface area contributed by atoms with E-state index in [2.05, 4.69) is 19.4 Å². The Hall–Kier alpha value is -0.120. The molecule has 0 radical (unpaired) electrons. The number of nitrogens with two attached hydrogens (primary N) is 1. The minimum absolute atomic E-state index is 0.975. The quantitative estimate of drug-likeness (QED) is 0.334. The van der Waals surface area contributed by atoms with Crippen LogP contribution in [0.5, 0.6) is 0 Å². The number of nitrogens with zero attached hydrogens (tertiary/aromatic N) is 1. The monoisotopic (exact) mass is 159 g/mol. The SMILES string of the molecule is CCCCCCN(CC)NN. The Labute approximate surface area is 69.9 Å². The number of hydrogen-bond acceptors (Lipinski definition) is 3. The molecule has 0 aromatic carbocycles. The lowest BCUT2D eigenvalue weighted by Gasteiger charge is -2.17. The summed E-state index contributed by atoms with van der Waals surface area (Å²) in [5.41, 5.74) is 2.66. The Morgan fingerprint density at radius 1 is 1.18 bits per heavy atom. The Balaban J connectivity index is 3.07. The second-order valence-electron chi connectivity index (χ2n) is 2.77. The zero-order chi connectivity index (χ0) is 8.53. The molecular weight excluding hydrogens is 138 g/mol. The standard InChI is InChI=1S/C8H21N3/c1-3-5-6-7-8-11(4-2)10-9/h10H,3-9H2,1-2H3. The first-order valence-electron chi connectivity index (χ1n) is 4.56.